The second kappa shape index (κ2) is 9.23. The standard InChI is InChI=1S/C22H20N2O5S/c25-21(23-14-13-16-9-11-17(12-10-16)22(26)27)18-5-4-6-19(15-18)24-30(28,29)20-7-2-1-3-8-20/h1-12,15,24H,13-14H2,(H,23,25)(H,26,27). The molecule has 0 aliphatic rings. The van der Waals surface area contributed by atoms with E-state index in [1.165, 1.54) is 30.3 Å². The molecule has 0 aromatic heterocycles. The van der Waals surface area contributed by atoms with Crippen LogP contribution in [-0.2, 0) is 16.4 Å². The molecule has 0 bridgehead atoms. The third-order valence-corrected chi connectivity index (χ3v) is 5.73. The number of hydrogen-bond acceptors (Lipinski definition) is 4. The van der Waals surface area contributed by atoms with E-state index in [2.05, 4.69) is 10.0 Å². The van der Waals surface area contributed by atoms with Crippen LogP contribution in [0.1, 0.15) is 26.3 Å². The number of sulfonamides is 1. The van der Waals surface area contributed by atoms with E-state index < -0.39 is 16.0 Å². The smallest absolute Gasteiger partial charge is 0.335 e. The van der Waals surface area contributed by atoms with Gasteiger partial charge < -0.3 is 10.4 Å². The van der Waals surface area contributed by atoms with Crippen molar-refractivity contribution in [2.75, 3.05) is 11.3 Å². The van der Waals surface area contributed by atoms with Crippen LogP contribution in [0.2, 0.25) is 0 Å². The fourth-order valence-electron chi connectivity index (χ4n) is 2.77. The van der Waals surface area contributed by atoms with Gasteiger partial charge in [-0.3, -0.25) is 9.52 Å². The van der Waals surface area contributed by atoms with Gasteiger partial charge in [-0.15, -0.1) is 0 Å². The van der Waals surface area contributed by atoms with Gasteiger partial charge in [0, 0.05) is 17.8 Å². The first kappa shape index (κ1) is 21.1. The highest BCUT2D eigenvalue weighted by Crippen LogP contribution is 2.17. The summed E-state index contributed by atoms with van der Waals surface area (Å²) in [5.74, 6) is -1.32. The van der Waals surface area contributed by atoms with Crippen molar-refractivity contribution in [2.24, 2.45) is 0 Å². The normalized spacial score (nSPS) is 10.9. The lowest BCUT2D eigenvalue weighted by Crippen LogP contribution is -2.25. The van der Waals surface area contributed by atoms with E-state index in [0.717, 1.165) is 5.56 Å². The van der Waals surface area contributed by atoms with Crippen LogP contribution in [-0.4, -0.2) is 31.9 Å². The van der Waals surface area contributed by atoms with Gasteiger partial charge in [-0.2, -0.15) is 0 Å². The van der Waals surface area contributed by atoms with Crippen LogP contribution in [0.25, 0.3) is 0 Å². The molecular formula is C22H20N2O5S. The molecule has 0 fully saturated rings. The number of carboxylic acid groups (broad SMARTS) is 1. The maximum absolute atomic E-state index is 12.4. The lowest BCUT2D eigenvalue weighted by atomic mass is 10.1. The Labute approximate surface area is 174 Å². The highest BCUT2D eigenvalue weighted by atomic mass is 32.2. The second-order valence-corrected chi connectivity index (χ2v) is 8.19. The average molecular weight is 424 g/mol. The van der Waals surface area contributed by atoms with Crippen molar-refractivity contribution in [3.63, 3.8) is 0 Å². The summed E-state index contributed by atoms with van der Waals surface area (Å²) in [5.41, 5.74) is 1.71. The van der Waals surface area contributed by atoms with Crippen LogP contribution in [0.15, 0.2) is 83.8 Å². The van der Waals surface area contributed by atoms with Crippen LogP contribution in [0.5, 0.6) is 0 Å². The largest absolute Gasteiger partial charge is 0.478 e. The molecule has 3 aromatic carbocycles. The molecule has 8 heteroatoms. The van der Waals surface area contributed by atoms with Gasteiger partial charge in [-0.1, -0.05) is 36.4 Å². The minimum atomic E-state index is -3.74. The van der Waals surface area contributed by atoms with Crippen LogP contribution >= 0.6 is 0 Å². The van der Waals surface area contributed by atoms with Gasteiger partial charge in [-0.25, -0.2) is 13.2 Å². The Hall–Kier alpha value is -3.65. The first-order valence-corrected chi connectivity index (χ1v) is 10.6. The molecular weight excluding hydrogens is 404 g/mol. The van der Waals surface area contributed by atoms with E-state index in [1.54, 1.807) is 48.5 Å². The van der Waals surface area contributed by atoms with Crippen molar-refractivity contribution in [1.29, 1.82) is 0 Å². The molecule has 0 heterocycles. The Balaban J connectivity index is 1.60. The van der Waals surface area contributed by atoms with Crippen molar-refractivity contribution in [3.05, 3.63) is 95.6 Å². The number of anilines is 1. The molecule has 30 heavy (non-hydrogen) atoms. The monoisotopic (exact) mass is 424 g/mol. The van der Waals surface area contributed by atoms with E-state index in [9.17, 15) is 18.0 Å². The number of amides is 1. The molecule has 0 unspecified atom stereocenters. The van der Waals surface area contributed by atoms with E-state index in [1.807, 2.05) is 0 Å². The summed E-state index contributed by atoms with van der Waals surface area (Å²) in [5, 5.41) is 11.7. The summed E-state index contributed by atoms with van der Waals surface area (Å²) in [6, 6.07) is 20.6. The van der Waals surface area contributed by atoms with Gasteiger partial charge in [0.05, 0.1) is 10.5 Å². The number of nitrogens with one attached hydrogen (secondary N) is 2. The molecule has 3 rings (SSSR count). The third kappa shape index (κ3) is 5.45. The summed E-state index contributed by atoms with van der Waals surface area (Å²) in [7, 11) is -3.74. The molecule has 0 saturated heterocycles. The molecule has 3 N–H and O–H groups in total. The maximum Gasteiger partial charge on any atom is 0.335 e. The van der Waals surface area contributed by atoms with Gasteiger partial charge in [0.2, 0.25) is 0 Å². The number of carboxylic acids is 1. The topological polar surface area (TPSA) is 113 Å². The summed E-state index contributed by atoms with van der Waals surface area (Å²) < 4.78 is 27.3. The van der Waals surface area contributed by atoms with Crippen LogP contribution < -0.4 is 10.0 Å². The fourth-order valence-corrected chi connectivity index (χ4v) is 3.84. The lowest BCUT2D eigenvalue weighted by Gasteiger charge is -2.10. The maximum atomic E-state index is 12.4. The summed E-state index contributed by atoms with van der Waals surface area (Å²) in [6.07, 6.45) is 0.534. The predicted molar refractivity (Wildman–Crippen MR) is 113 cm³/mol. The zero-order valence-corrected chi connectivity index (χ0v) is 16.7. The van der Waals surface area contributed by atoms with Crippen molar-refractivity contribution < 1.29 is 23.1 Å². The van der Waals surface area contributed by atoms with Crippen molar-refractivity contribution in [2.45, 2.75) is 11.3 Å². The van der Waals surface area contributed by atoms with E-state index in [0.29, 0.717) is 18.5 Å². The quantitative estimate of drug-likeness (QED) is 0.514. The SMILES string of the molecule is O=C(O)c1ccc(CCNC(=O)c2cccc(NS(=O)(=O)c3ccccc3)c2)cc1. The summed E-state index contributed by atoms with van der Waals surface area (Å²) in [6.45, 7) is 0.352. The Morgan fingerprint density at radius 2 is 1.53 bits per heavy atom. The molecule has 0 aliphatic heterocycles. The van der Waals surface area contributed by atoms with E-state index >= 15 is 0 Å². The number of carbonyl (C=O) groups excluding carboxylic acids is 1. The van der Waals surface area contributed by atoms with Crippen LogP contribution in [0.4, 0.5) is 5.69 Å². The van der Waals surface area contributed by atoms with Crippen molar-refractivity contribution >= 4 is 27.6 Å². The molecule has 0 atom stereocenters. The second-order valence-electron chi connectivity index (χ2n) is 6.51. The van der Waals surface area contributed by atoms with Crippen LogP contribution in [0.3, 0.4) is 0 Å². The molecule has 0 spiro atoms. The lowest BCUT2D eigenvalue weighted by molar-refractivity contribution is 0.0696. The minimum Gasteiger partial charge on any atom is -0.478 e. The first-order valence-electron chi connectivity index (χ1n) is 9.13. The average Bonchev–Trinajstić information content (AvgIpc) is 2.74. The molecule has 154 valence electrons. The van der Waals surface area contributed by atoms with Crippen molar-refractivity contribution in [1.82, 2.24) is 5.32 Å². The zero-order chi connectivity index (χ0) is 21.6. The number of carbonyl (C=O) groups is 2. The molecule has 0 aliphatic carbocycles. The molecule has 0 saturated carbocycles. The number of benzene rings is 3. The molecule has 0 radical (unpaired) electrons. The minimum absolute atomic E-state index is 0.133. The van der Waals surface area contributed by atoms with Gasteiger partial charge in [-0.05, 0) is 54.4 Å². The van der Waals surface area contributed by atoms with Crippen LogP contribution in [0, 0.1) is 0 Å². The molecule has 3 aromatic rings. The molecule has 1 amide bonds. The van der Waals surface area contributed by atoms with E-state index in [4.69, 9.17) is 5.11 Å². The van der Waals surface area contributed by atoms with Gasteiger partial charge in [0.25, 0.3) is 15.9 Å². The number of aromatic carboxylic acids is 1. The highest BCUT2D eigenvalue weighted by Gasteiger charge is 2.14. The zero-order valence-electron chi connectivity index (χ0n) is 15.9. The highest BCUT2D eigenvalue weighted by molar-refractivity contribution is 7.92. The van der Waals surface area contributed by atoms with Gasteiger partial charge in [0.15, 0.2) is 0 Å². The third-order valence-electron chi connectivity index (χ3n) is 4.33. The molecule has 7 nitrogen and oxygen atoms in total. The predicted octanol–water partition coefficient (Wildman–Crippen LogP) is 3.16. The van der Waals surface area contributed by atoms with E-state index in [-0.39, 0.29) is 22.1 Å². The van der Waals surface area contributed by atoms with Gasteiger partial charge in [0.1, 0.15) is 0 Å². The fraction of sp³-hybridized carbons (Fsp3) is 0.0909. The Kier molecular flexibility index (Phi) is 6.48. The number of rotatable bonds is 8. The van der Waals surface area contributed by atoms with Crippen molar-refractivity contribution in [3.8, 4) is 0 Å². The Bertz CT molecular complexity index is 1140. The summed E-state index contributed by atoms with van der Waals surface area (Å²) in [4.78, 5) is 23.4. The van der Waals surface area contributed by atoms with Gasteiger partial charge >= 0.3 is 5.97 Å². The Morgan fingerprint density at radius 3 is 2.20 bits per heavy atom. The Morgan fingerprint density at radius 1 is 0.833 bits per heavy atom. The summed E-state index contributed by atoms with van der Waals surface area (Å²) >= 11 is 0. The number of hydrogen-bond donors (Lipinski definition) is 3. The first-order chi connectivity index (χ1) is 14.3.